The minimum Gasteiger partial charge on any atom is -0.487 e. The lowest BCUT2D eigenvalue weighted by molar-refractivity contribution is -0.142. The van der Waals surface area contributed by atoms with Crippen LogP contribution in [0.25, 0.3) is 0 Å². The third-order valence-electron chi connectivity index (χ3n) is 5.79. The van der Waals surface area contributed by atoms with Crippen LogP contribution in [0, 0.1) is 5.82 Å². The topological polar surface area (TPSA) is 71.0 Å². The van der Waals surface area contributed by atoms with Crippen molar-refractivity contribution >= 4 is 11.6 Å². The lowest BCUT2D eigenvalue weighted by Gasteiger charge is -2.37. The number of hydrogen-bond donors (Lipinski definition) is 2. The molecule has 4 rings (SSSR count). The number of aliphatic hydroxyl groups excluding tert-OH is 1. The Morgan fingerprint density at radius 1 is 1.27 bits per heavy atom. The molecule has 0 bridgehead atoms. The van der Waals surface area contributed by atoms with E-state index in [0.717, 1.165) is 17.0 Å². The van der Waals surface area contributed by atoms with Crippen molar-refractivity contribution in [3.8, 4) is 5.75 Å². The normalized spacial score (nSPS) is 24.5. The molecule has 6 nitrogen and oxygen atoms in total. The van der Waals surface area contributed by atoms with Crippen molar-refractivity contribution in [3.63, 3.8) is 0 Å². The Hall–Kier alpha value is -2.64. The molecule has 160 valence electrons. The summed E-state index contributed by atoms with van der Waals surface area (Å²) in [5.41, 5.74) is 2.88. The molecule has 2 aliphatic rings. The van der Waals surface area contributed by atoms with Crippen LogP contribution in [0.15, 0.2) is 42.5 Å². The van der Waals surface area contributed by atoms with Crippen LogP contribution < -0.4 is 15.0 Å². The van der Waals surface area contributed by atoms with Crippen molar-refractivity contribution < 1.29 is 23.8 Å². The highest BCUT2D eigenvalue weighted by Crippen LogP contribution is 2.47. The summed E-state index contributed by atoms with van der Waals surface area (Å²) in [6.45, 7) is 0.0913. The van der Waals surface area contributed by atoms with E-state index >= 15 is 0 Å². The summed E-state index contributed by atoms with van der Waals surface area (Å²) in [7, 11) is 3.97. The highest BCUT2D eigenvalue weighted by atomic mass is 19.1. The maximum absolute atomic E-state index is 13.3. The maximum atomic E-state index is 13.3. The van der Waals surface area contributed by atoms with Gasteiger partial charge in [-0.1, -0.05) is 12.1 Å². The fourth-order valence-electron chi connectivity index (χ4n) is 4.28. The number of benzene rings is 2. The van der Waals surface area contributed by atoms with Gasteiger partial charge in [0.2, 0.25) is 5.91 Å². The van der Waals surface area contributed by atoms with Crippen LogP contribution in [0.1, 0.15) is 29.9 Å². The van der Waals surface area contributed by atoms with Gasteiger partial charge in [-0.2, -0.15) is 0 Å². The minimum absolute atomic E-state index is 0.0619. The van der Waals surface area contributed by atoms with Gasteiger partial charge >= 0.3 is 0 Å². The number of ether oxygens (including phenoxy) is 2. The van der Waals surface area contributed by atoms with Gasteiger partial charge in [0, 0.05) is 37.8 Å². The van der Waals surface area contributed by atoms with Crippen LogP contribution in [0.5, 0.6) is 5.75 Å². The van der Waals surface area contributed by atoms with E-state index in [9.17, 15) is 14.3 Å². The molecule has 2 N–H and O–H groups in total. The molecule has 0 radical (unpaired) electrons. The van der Waals surface area contributed by atoms with Crippen molar-refractivity contribution in [2.45, 2.75) is 43.6 Å². The number of carbonyl (C=O) groups excluding carboxylic acids is 1. The highest BCUT2D eigenvalue weighted by Gasteiger charge is 2.46. The molecule has 4 atom stereocenters. The molecule has 2 heterocycles. The molecule has 1 saturated heterocycles. The molecule has 30 heavy (non-hydrogen) atoms. The molecular weight excluding hydrogens is 387 g/mol. The molecule has 1 fully saturated rings. The Bertz CT molecular complexity index is 920. The second kappa shape index (κ2) is 8.62. The van der Waals surface area contributed by atoms with Gasteiger partial charge in [-0.25, -0.2) is 4.39 Å². The van der Waals surface area contributed by atoms with E-state index in [1.54, 1.807) is 12.1 Å². The van der Waals surface area contributed by atoms with Crippen molar-refractivity contribution in [1.82, 2.24) is 5.32 Å². The van der Waals surface area contributed by atoms with E-state index in [1.165, 1.54) is 12.1 Å². The summed E-state index contributed by atoms with van der Waals surface area (Å²) in [6.07, 6.45) is -0.252. The van der Waals surface area contributed by atoms with Crippen molar-refractivity contribution in [2.75, 3.05) is 25.6 Å². The summed E-state index contributed by atoms with van der Waals surface area (Å²) >= 11 is 0. The molecular formula is C23H27FN2O4. The third-order valence-corrected chi connectivity index (χ3v) is 5.79. The van der Waals surface area contributed by atoms with Crippen LogP contribution in [-0.4, -0.2) is 50.0 Å². The second-order valence-corrected chi connectivity index (χ2v) is 8.13. The number of nitrogens with one attached hydrogen (secondary N) is 1. The first kappa shape index (κ1) is 20.6. The van der Waals surface area contributed by atoms with Gasteiger partial charge < -0.3 is 24.8 Å². The third kappa shape index (κ3) is 4.27. The summed E-state index contributed by atoms with van der Waals surface area (Å²) in [5, 5.41) is 12.7. The number of anilines is 1. The second-order valence-electron chi connectivity index (χ2n) is 8.13. The van der Waals surface area contributed by atoms with E-state index in [-0.39, 0.29) is 49.4 Å². The average Bonchev–Trinajstić information content (AvgIpc) is 3.09. The highest BCUT2D eigenvalue weighted by molar-refractivity contribution is 5.76. The van der Waals surface area contributed by atoms with E-state index in [0.29, 0.717) is 12.0 Å². The number of amides is 1. The number of nitrogens with zero attached hydrogens (tertiary/aromatic N) is 1. The van der Waals surface area contributed by atoms with Gasteiger partial charge in [-0.3, -0.25) is 4.79 Å². The Kier molecular flexibility index (Phi) is 5.92. The van der Waals surface area contributed by atoms with Gasteiger partial charge in [0.25, 0.3) is 0 Å². The number of halogens is 1. The lowest BCUT2D eigenvalue weighted by atomic mass is 9.84. The summed E-state index contributed by atoms with van der Waals surface area (Å²) < 4.78 is 25.4. The van der Waals surface area contributed by atoms with Gasteiger partial charge in [-0.15, -0.1) is 0 Å². The predicted octanol–water partition coefficient (Wildman–Crippen LogP) is 2.59. The first-order valence-electron chi connectivity index (χ1n) is 10.2. The predicted molar refractivity (Wildman–Crippen MR) is 111 cm³/mol. The van der Waals surface area contributed by atoms with E-state index in [4.69, 9.17) is 9.47 Å². The zero-order valence-corrected chi connectivity index (χ0v) is 17.2. The van der Waals surface area contributed by atoms with Gasteiger partial charge in [0.1, 0.15) is 23.8 Å². The molecule has 0 saturated carbocycles. The molecule has 7 heteroatoms. The first-order chi connectivity index (χ1) is 14.4. The molecule has 0 aromatic heterocycles. The number of carbonyl (C=O) groups is 1. The summed E-state index contributed by atoms with van der Waals surface area (Å²) in [4.78, 5) is 14.5. The van der Waals surface area contributed by atoms with Crippen LogP contribution in [0.3, 0.4) is 0 Å². The molecule has 0 unspecified atom stereocenters. The SMILES string of the molecule is CN(C)c1ccc2c(c1)[C@@H]1C[C@@H](CC(=O)NCc3cccc(F)c3)O[C@@H](CO)[C@@H]1O2. The lowest BCUT2D eigenvalue weighted by Crippen LogP contribution is -2.47. The van der Waals surface area contributed by atoms with E-state index in [1.807, 2.05) is 31.1 Å². The number of aliphatic hydroxyl groups is 1. The van der Waals surface area contributed by atoms with Crippen molar-refractivity contribution in [2.24, 2.45) is 0 Å². The van der Waals surface area contributed by atoms with Crippen molar-refractivity contribution in [1.29, 1.82) is 0 Å². The van der Waals surface area contributed by atoms with Gasteiger partial charge in [-0.05, 0) is 42.3 Å². The largest absolute Gasteiger partial charge is 0.487 e. The Labute approximate surface area is 175 Å². The van der Waals surface area contributed by atoms with Crippen LogP contribution in [-0.2, 0) is 16.1 Å². The maximum Gasteiger partial charge on any atom is 0.222 e. The fourth-order valence-corrected chi connectivity index (χ4v) is 4.28. The number of fused-ring (bicyclic) bond motifs is 3. The Morgan fingerprint density at radius 3 is 2.83 bits per heavy atom. The average molecular weight is 414 g/mol. The Balaban J connectivity index is 1.43. The van der Waals surface area contributed by atoms with Crippen LogP contribution >= 0.6 is 0 Å². The smallest absolute Gasteiger partial charge is 0.222 e. The zero-order chi connectivity index (χ0) is 21.3. The Morgan fingerprint density at radius 2 is 2.10 bits per heavy atom. The molecule has 0 spiro atoms. The van der Waals surface area contributed by atoms with Gasteiger partial charge in [0.15, 0.2) is 0 Å². The van der Waals surface area contributed by atoms with E-state index < -0.39 is 6.10 Å². The molecule has 2 aromatic carbocycles. The fraction of sp³-hybridized carbons (Fsp3) is 0.435. The molecule has 2 aliphatic heterocycles. The number of hydrogen-bond acceptors (Lipinski definition) is 5. The standard InChI is InChI=1S/C23H27FN2O4/c1-26(2)16-6-7-20-18(9-16)19-10-17(29-21(13-27)23(19)30-20)11-22(28)25-12-14-4-3-5-15(24)8-14/h3-9,17,19,21,23,27H,10-13H2,1-2H3,(H,25,28)/t17-,19-,21-,23+/m0/s1. The minimum atomic E-state index is -0.486. The summed E-state index contributed by atoms with van der Waals surface area (Å²) in [6, 6.07) is 12.2. The summed E-state index contributed by atoms with van der Waals surface area (Å²) in [5.74, 6) is 0.382. The van der Waals surface area contributed by atoms with Crippen LogP contribution in [0.2, 0.25) is 0 Å². The van der Waals surface area contributed by atoms with Crippen LogP contribution in [0.4, 0.5) is 10.1 Å². The molecule has 1 amide bonds. The van der Waals surface area contributed by atoms with Gasteiger partial charge in [0.05, 0.1) is 19.1 Å². The molecule has 2 aromatic rings. The quantitative estimate of drug-likeness (QED) is 0.760. The zero-order valence-electron chi connectivity index (χ0n) is 17.2. The molecule has 0 aliphatic carbocycles. The number of rotatable bonds is 6. The van der Waals surface area contributed by atoms with E-state index in [2.05, 4.69) is 11.4 Å². The monoisotopic (exact) mass is 414 g/mol. The van der Waals surface area contributed by atoms with Crippen molar-refractivity contribution in [3.05, 3.63) is 59.4 Å². The first-order valence-corrected chi connectivity index (χ1v) is 10.2.